The molecule has 1 rings (SSSR count). The first-order valence-corrected chi connectivity index (χ1v) is 6.35. The van der Waals surface area contributed by atoms with Gasteiger partial charge in [-0.2, -0.15) is 8.42 Å². The Morgan fingerprint density at radius 3 is 2.60 bits per heavy atom. The van der Waals surface area contributed by atoms with Crippen LogP contribution in [-0.2, 0) is 23.8 Å². The second-order valence-corrected chi connectivity index (χ2v) is 5.57. The fourth-order valence-electron chi connectivity index (χ4n) is 1.21. The fourth-order valence-corrected chi connectivity index (χ4v) is 1.59. The van der Waals surface area contributed by atoms with Crippen LogP contribution in [0.5, 0.6) is 0 Å². The Labute approximate surface area is 89.3 Å². The molecule has 0 spiro atoms. The van der Waals surface area contributed by atoms with Crippen molar-refractivity contribution in [2.75, 3.05) is 19.5 Å². The molecule has 0 aromatic heterocycles. The normalized spacial score (nSPS) is 27.9. The Balaban J connectivity index is 2.39. The van der Waals surface area contributed by atoms with Gasteiger partial charge in [0.05, 0.1) is 19.5 Å². The van der Waals surface area contributed by atoms with Gasteiger partial charge in [0, 0.05) is 0 Å². The molecule has 0 unspecified atom stereocenters. The van der Waals surface area contributed by atoms with Gasteiger partial charge in [-0.1, -0.05) is 0 Å². The van der Waals surface area contributed by atoms with Crippen molar-refractivity contribution < 1.29 is 27.2 Å². The molecule has 15 heavy (non-hydrogen) atoms. The summed E-state index contributed by atoms with van der Waals surface area (Å²) >= 11 is 0. The number of ether oxygens (including phenoxy) is 2. The zero-order valence-electron chi connectivity index (χ0n) is 8.97. The molecule has 2 atom stereocenters. The van der Waals surface area contributed by atoms with E-state index in [9.17, 15) is 13.5 Å². The third kappa shape index (κ3) is 4.43. The molecule has 1 aliphatic rings. The molecule has 1 aliphatic heterocycles. The van der Waals surface area contributed by atoms with Crippen molar-refractivity contribution >= 4 is 10.1 Å². The lowest BCUT2D eigenvalue weighted by atomic mass is 10.2. The van der Waals surface area contributed by atoms with E-state index in [1.165, 1.54) is 0 Å². The van der Waals surface area contributed by atoms with Crippen LogP contribution in [0.15, 0.2) is 0 Å². The topological polar surface area (TPSA) is 82.1 Å². The first kappa shape index (κ1) is 12.9. The minimum atomic E-state index is -3.53. The molecule has 0 saturated carbocycles. The Morgan fingerprint density at radius 2 is 2.20 bits per heavy atom. The lowest BCUT2D eigenvalue weighted by Crippen LogP contribution is -2.34. The monoisotopic (exact) mass is 240 g/mol. The molecule has 1 saturated heterocycles. The standard InChI is InChI=1S/C8H16O6S/c1-8(2)12-5-7(14-8)6(9)4-13-15(3,10)11/h6-7,9H,4-5H2,1-3H3/t6-,7-/m0/s1. The summed E-state index contributed by atoms with van der Waals surface area (Å²) < 4.78 is 36.4. The van der Waals surface area contributed by atoms with Crippen molar-refractivity contribution in [2.24, 2.45) is 0 Å². The Morgan fingerprint density at radius 1 is 1.60 bits per heavy atom. The van der Waals surface area contributed by atoms with Gasteiger partial charge in [0.25, 0.3) is 10.1 Å². The Hall–Kier alpha value is -0.210. The molecular formula is C8H16O6S. The Bertz CT molecular complexity index is 309. The van der Waals surface area contributed by atoms with Crippen LogP contribution in [0, 0.1) is 0 Å². The van der Waals surface area contributed by atoms with Crippen LogP contribution in [0.2, 0.25) is 0 Å². The first-order valence-electron chi connectivity index (χ1n) is 4.54. The number of hydrogen-bond acceptors (Lipinski definition) is 6. The second-order valence-electron chi connectivity index (χ2n) is 3.92. The summed E-state index contributed by atoms with van der Waals surface area (Å²) in [5.74, 6) is -0.739. The zero-order chi connectivity index (χ0) is 11.7. The third-order valence-electron chi connectivity index (χ3n) is 1.91. The van der Waals surface area contributed by atoms with Crippen molar-refractivity contribution in [3.8, 4) is 0 Å². The van der Waals surface area contributed by atoms with Crippen molar-refractivity contribution in [1.82, 2.24) is 0 Å². The zero-order valence-corrected chi connectivity index (χ0v) is 9.78. The minimum Gasteiger partial charge on any atom is -0.388 e. The predicted molar refractivity (Wildman–Crippen MR) is 51.7 cm³/mol. The van der Waals surface area contributed by atoms with Gasteiger partial charge in [0.15, 0.2) is 5.79 Å². The average Bonchev–Trinajstić information content (AvgIpc) is 2.40. The third-order valence-corrected chi connectivity index (χ3v) is 2.48. The summed E-state index contributed by atoms with van der Waals surface area (Å²) in [6.45, 7) is 3.35. The summed E-state index contributed by atoms with van der Waals surface area (Å²) in [7, 11) is -3.53. The summed E-state index contributed by atoms with van der Waals surface area (Å²) in [6, 6.07) is 0. The molecule has 1 heterocycles. The summed E-state index contributed by atoms with van der Waals surface area (Å²) in [5.41, 5.74) is 0. The number of hydrogen-bond donors (Lipinski definition) is 1. The van der Waals surface area contributed by atoms with Gasteiger partial charge in [-0.15, -0.1) is 0 Å². The molecule has 0 aromatic rings. The van der Waals surface area contributed by atoms with Crippen LogP contribution in [0.3, 0.4) is 0 Å². The molecule has 6 nitrogen and oxygen atoms in total. The van der Waals surface area contributed by atoms with Crippen molar-refractivity contribution in [1.29, 1.82) is 0 Å². The first-order chi connectivity index (χ1) is 6.70. The van der Waals surface area contributed by atoms with E-state index in [1.807, 2.05) is 0 Å². The van der Waals surface area contributed by atoms with E-state index in [2.05, 4.69) is 4.18 Å². The second kappa shape index (κ2) is 4.34. The van der Waals surface area contributed by atoms with Crippen LogP contribution in [0.4, 0.5) is 0 Å². The maximum atomic E-state index is 10.7. The molecule has 1 fully saturated rings. The van der Waals surface area contributed by atoms with Gasteiger partial charge in [-0.05, 0) is 13.8 Å². The molecule has 1 N–H and O–H groups in total. The molecular weight excluding hydrogens is 224 g/mol. The molecule has 7 heteroatoms. The van der Waals surface area contributed by atoms with Crippen LogP contribution in [0.1, 0.15) is 13.8 Å². The van der Waals surface area contributed by atoms with Crippen LogP contribution in [0.25, 0.3) is 0 Å². The lowest BCUT2D eigenvalue weighted by Gasteiger charge is -2.19. The maximum Gasteiger partial charge on any atom is 0.264 e. The quantitative estimate of drug-likeness (QED) is 0.665. The van der Waals surface area contributed by atoms with E-state index in [-0.39, 0.29) is 13.2 Å². The van der Waals surface area contributed by atoms with E-state index in [4.69, 9.17) is 9.47 Å². The molecule has 0 bridgehead atoms. The highest BCUT2D eigenvalue weighted by Crippen LogP contribution is 2.24. The van der Waals surface area contributed by atoms with Crippen LogP contribution in [-0.4, -0.2) is 51.0 Å². The molecule has 90 valence electrons. The highest BCUT2D eigenvalue weighted by molar-refractivity contribution is 7.85. The minimum absolute atomic E-state index is 0.224. The number of aliphatic hydroxyl groups excluding tert-OH is 1. The summed E-state index contributed by atoms with van der Waals surface area (Å²) in [5, 5.41) is 9.55. The fraction of sp³-hybridized carbons (Fsp3) is 1.00. The SMILES string of the molecule is CC1(C)OC[C@@H]([C@@H](O)COS(C)(=O)=O)O1. The largest absolute Gasteiger partial charge is 0.388 e. The molecule has 0 aromatic carbocycles. The Kier molecular flexibility index (Phi) is 3.72. The van der Waals surface area contributed by atoms with E-state index >= 15 is 0 Å². The van der Waals surface area contributed by atoms with Gasteiger partial charge in [-0.25, -0.2) is 0 Å². The van der Waals surface area contributed by atoms with Crippen LogP contribution >= 0.6 is 0 Å². The predicted octanol–water partition coefficient (Wildman–Crippen LogP) is -0.525. The number of rotatable bonds is 4. The summed E-state index contributed by atoms with van der Waals surface area (Å²) in [4.78, 5) is 0. The van der Waals surface area contributed by atoms with Crippen LogP contribution < -0.4 is 0 Å². The van der Waals surface area contributed by atoms with Crippen molar-refractivity contribution in [3.63, 3.8) is 0 Å². The molecule has 0 amide bonds. The summed E-state index contributed by atoms with van der Waals surface area (Å²) in [6.07, 6.45) is -0.640. The number of aliphatic hydroxyl groups is 1. The average molecular weight is 240 g/mol. The van der Waals surface area contributed by atoms with E-state index in [0.29, 0.717) is 0 Å². The van der Waals surface area contributed by atoms with E-state index < -0.39 is 28.1 Å². The van der Waals surface area contributed by atoms with E-state index in [0.717, 1.165) is 6.26 Å². The maximum absolute atomic E-state index is 10.7. The molecule has 0 radical (unpaired) electrons. The van der Waals surface area contributed by atoms with Gasteiger partial charge >= 0.3 is 0 Å². The van der Waals surface area contributed by atoms with Gasteiger partial charge in [0.2, 0.25) is 0 Å². The van der Waals surface area contributed by atoms with Crippen molar-refractivity contribution in [2.45, 2.75) is 31.8 Å². The highest BCUT2D eigenvalue weighted by Gasteiger charge is 2.37. The highest BCUT2D eigenvalue weighted by atomic mass is 32.2. The smallest absolute Gasteiger partial charge is 0.264 e. The van der Waals surface area contributed by atoms with Gasteiger partial charge in [-0.3, -0.25) is 4.18 Å². The van der Waals surface area contributed by atoms with Crippen molar-refractivity contribution in [3.05, 3.63) is 0 Å². The van der Waals surface area contributed by atoms with Gasteiger partial charge < -0.3 is 14.6 Å². The van der Waals surface area contributed by atoms with Gasteiger partial charge in [0.1, 0.15) is 12.2 Å². The van der Waals surface area contributed by atoms with E-state index in [1.54, 1.807) is 13.8 Å². The molecule has 0 aliphatic carbocycles. The lowest BCUT2D eigenvalue weighted by molar-refractivity contribution is -0.152.